The lowest BCUT2D eigenvalue weighted by Crippen LogP contribution is -2.38. The predicted octanol–water partition coefficient (Wildman–Crippen LogP) is 0.941. The van der Waals surface area contributed by atoms with Gasteiger partial charge in [-0.2, -0.15) is 0 Å². The fourth-order valence-electron chi connectivity index (χ4n) is 1.73. The number of nitrogens with two attached hydrogens (primary N) is 1. The fourth-order valence-corrected chi connectivity index (χ4v) is 1.73. The van der Waals surface area contributed by atoms with E-state index >= 15 is 0 Å². The van der Waals surface area contributed by atoms with E-state index in [4.69, 9.17) is 5.84 Å². The van der Waals surface area contributed by atoms with Crippen LogP contribution in [0.2, 0.25) is 0 Å². The third-order valence-corrected chi connectivity index (χ3v) is 2.58. The molecule has 0 aromatic carbocycles. The third kappa shape index (κ3) is 3.32. The highest BCUT2D eigenvalue weighted by molar-refractivity contribution is 5.48. The SMILES string of the molecule is NN1CCC(CCCC=O)CC1. The van der Waals surface area contributed by atoms with Crippen LogP contribution in [0.5, 0.6) is 0 Å². The maximum absolute atomic E-state index is 10.1. The Bertz CT molecular complexity index is 130. The van der Waals surface area contributed by atoms with Crippen LogP contribution >= 0.6 is 0 Å². The van der Waals surface area contributed by atoms with Gasteiger partial charge in [-0.25, -0.2) is 5.01 Å². The largest absolute Gasteiger partial charge is 0.303 e. The van der Waals surface area contributed by atoms with E-state index in [0.29, 0.717) is 0 Å². The Morgan fingerprint density at radius 1 is 1.42 bits per heavy atom. The maximum Gasteiger partial charge on any atom is 0.119 e. The van der Waals surface area contributed by atoms with E-state index in [1.807, 2.05) is 5.01 Å². The number of hydrogen-bond acceptors (Lipinski definition) is 3. The number of aldehydes is 1. The van der Waals surface area contributed by atoms with Crippen molar-refractivity contribution < 1.29 is 4.79 Å². The van der Waals surface area contributed by atoms with Gasteiger partial charge in [0, 0.05) is 19.5 Å². The van der Waals surface area contributed by atoms with Gasteiger partial charge in [0.1, 0.15) is 6.29 Å². The first-order chi connectivity index (χ1) is 5.83. The second-order valence-electron chi connectivity index (χ2n) is 3.58. The Kier molecular flexibility index (Phi) is 4.25. The van der Waals surface area contributed by atoms with Crippen LogP contribution in [0.25, 0.3) is 0 Å². The van der Waals surface area contributed by atoms with Crippen molar-refractivity contribution >= 4 is 6.29 Å². The van der Waals surface area contributed by atoms with Gasteiger partial charge in [-0.3, -0.25) is 5.84 Å². The number of rotatable bonds is 4. The average molecular weight is 170 g/mol. The Labute approximate surface area is 73.9 Å². The van der Waals surface area contributed by atoms with Crippen molar-refractivity contribution in [3.05, 3.63) is 0 Å². The number of carbonyl (C=O) groups excluding carboxylic acids is 1. The molecule has 1 saturated heterocycles. The van der Waals surface area contributed by atoms with E-state index in [2.05, 4.69) is 0 Å². The van der Waals surface area contributed by atoms with E-state index in [1.165, 1.54) is 19.3 Å². The van der Waals surface area contributed by atoms with Crippen molar-refractivity contribution in [1.29, 1.82) is 0 Å². The van der Waals surface area contributed by atoms with Crippen LogP contribution in [0.1, 0.15) is 32.1 Å². The van der Waals surface area contributed by atoms with Gasteiger partial charge in [0.2, 0.25) is 0 Å². The Morgan fingerprint density at radius 3 is 2.67 bits per heavy atom. The van der Waals surface area contributed by atoms with E-state index in [0.717, 1.165) is 38.1 Å². The minimum Gasteiger partial charge on any atom is -0.303 e. The summed E-state index contributed by atoms with van der Waals surface area (Å²) < 4.78 is 0. The predicted molar refractivity (Wildman–Crippen MR) is 48.4 cm³/mol. The molecule has 0 atom stereocenters. The van der Waals surface area contributed by atoms with Gasteiger partial charge in [-0.05, 0) is 31.6 Å². The van der Waals surface area contributed by atoms with Crippen molar-refractivity contribution in [2.24, 2.45) is 11.8 Å². The zero-order valence-electron chi connectivity index (χ0n) is 7.54. The molecular formula is C9H18N2O. The molecule has 1 aliphatic rings. The molecule has 12 heavy (non-hydrogen) atoms. The normalized spacial score (nSPS) is 21.1. The van der Waals surface area contributed by atoms with Gasteiger partial charge in [-0.15, -0.1) is 0 Å². The van der Waals surface area contributed by atoms with Crippen LogP contribution in [-0.4, -0.2) is 24.4 Å². The van der Waals surface area contributed by atoms with Crippen LogP contribution in [0.4, 0.5) is 0 Å². The molecule has 0 aliphatic carbocycles. The van der Waals surface area contributed by atoms with Crippen LogP contribution < -0.4 is 5.84 Å². The van der Waals surface area contributed by atoms with Crippen molar-refractivity contribution in [2.45, 2.75) is 32.1 Å². The molecule has 0 amide bonds. The molecule has 0 bridgehead atoms. The second kappa shape index (κ2) is 5.27. The Morgan fingerprint density at radius 2 is 2.08 bits per heavy atom. The molecule has 1 fully saturated rings. The summed E-state index contributed by atoms with van der Waals surface area (Å²) in [6.45, 7) is 2.04. The van der Waals surface area contributed by atoms with Crippen molar-refractivity contribution in [3.8, 4) is 0 Å². The highest BCUT2D eigenvalue weighted by Crippen LogP contribution is 2.20. The summed E-state index contributed by atoms with van der Waals surface area (Å²) in [5, 5.41) is 1.89. The molecule has 0 spiro atoms. The summed E-state index contributed by atoms with van der Waals surface area (Å²) in [4.78, 5) is 10.1. The zero-order valence-corrected chi connectivity index (χ0v) is 7.54. The summed E-state index contributed by atoms with van der Waals surface area (Å²) in [7, 11) is 0. The Balaban J connectivity index is 2.05. The lowest BCUT2D eigenvalue weighted by atomic mass is 9.92. The van der Waals surface area contributed by atoms with Gasteiger partial charge in [-0.1, -0.05) is 0 Å². The van der Waals surface area contributed by atoms with E-state index in [9.17, 15) is 4.79 Å². The van der Waals surface area contributed by atoms with Crippen molar-refractivity contribution in [2.75, 3.05) is 13.1 Å². The van der Waals surface area contributed by atoms with Crippen molar-refractivity contribution in [1.82, 2.24) is 5.01 Å². The molecule has 70 valence electrons. The van der Waals surface area contributed by atoms with E-state index in [1.54, 1.807) is 0 Å². The molecule has 3 nitrogen and oxygen atoms in total. The molecule has 0 unspecified atom stereocenters. The fraction of sp³-hybridized carbons (Fsp3) is 0.889. The number of piperidine rings is 1. The lowest BCUT2D eigenvalue weighted by molar-refractivity contribution is -0.108. The first-order valence-electron chi connectivity index (χ1n) is 4.76. The molecule has 1 heterocycles. The van der Waals surface area contributed by atoms with Crippen LogP contribution in [0.3, 0.4) is 0 Å². The molecule has 3 heteroatoms. The minimum atomic E-state index is 0.725. The van der Waals surface area contributed by atoms with Gasteiger partial charge in [0.05, 0.1) is 0 Å². The minimum absolute atomic E-state index is 0.725. The molecule has 0 radical (unpaired) electrons. The summed E-state index contributed by atoms with van der Waals surface area (Å²) >= 11 is 0. The number of hydrogen-bond donors (Lipinski definition) is 1. The molecular weight excluding hydrogens is 152 g/mol. The summed E-state index contributed by atoms with van der Waals surface area (Å²) in [5.41, 5.74) is 0. The number of nitrogens with zero attached hydrogens (tertiary/aromatic N) is 1. The zero-order chi connectivity index (χ0) is 8.81. The van der Waals surface area contributed by atoms with Crippen LogP contribution in [0.15, 0.2) is 0 Å². The highest BCUT2D eigenvalue weighted by Gasteiger charge is 2.15. The van der Waals surface area contributed by atoms with Crippen LogP contribution in [-0.2, 0) is 4.79 Å². The number of hydrazine groups is 1. The highest BCUT2D eigenvalue weighted by atomic mass is 16.1. The van der Waals surface area contributed by atoms with E-state index in [-0.39, 0.29) is 0 Å². The molecule has 1 rings (SSSR count). The van der Waals surface area contributed by atoms with Crippen molar-refractivity contribution in [3.63, 3.8) is 0 Å². The quantitative estimate of drug-likeness (QED) is 0.388. The first kappa shape index (κ1) is 9.68. The lowest BCUT2D eigenvalue weighted by Gasteiger charge is -2.28. The molecule has 1 aliphatic heterocycles. The summed E-state index contributed by atoms with van der Waals surface area (Å²) in [5.74, 6) is 6.44. The number of unbranched alkanes of at least 4 members (excludes halogenated alkanes) is 1. The molecule has 2 N–H and O–H groups in total. The van der Waals surface area contributed by atoms with Gasteiger partial charge in [0.15, 0.2) is 0 Å². The maximum atomic E-state index is 10.1. The summed E-state index contributed by atoms with van der Waals surface area (Å²) in [6, 6.07) is 0. The van der Waals surface area contributed by atoms with E-state index < -0.39 is 0 Å². The third-order valence-electron chi connectivity index (χ3n) is 2.58. The smallest absolute Gasteiger partial charge is 0.119 e. The number of carbonyl (C=O) groups is 1. The summed E-state index contributed by atoms with van der Waals surface area (Å²) in [6.07, 6.45) is 6.40. The second-order valence-corrected chi connectivity index (χ2v) is 3.58. The van der Waals surface area contributed by atoms with Gasteiger partial charge in [0.25, 0.3) is 0 Å². The topological polar surface area (TPSA) is 46.3 Å². The van der Waals surface area contributed by atoms with Crippen LogP contribution in [0, 0.1) is 5.92 Å². The Hall–Kier alpha value is -0.410. The molecule has 0 aromatic rings. The molecule has 0 saturated carbocycles. The van der Waals surface area contributed by atoms with Gasteiger partial charge < -0.3 is 4.79 Å². The van der Waals surface area contributed by atoms with Gasteiger partial charge >= 0.3 is 0 Å². The average Bonchev–Trinajstić information content (AvgIpc) is 2.09. The standard InChI is InChI=1S/C9H18N2O/c10-11-6-4-9(5-7-11)3-1-2-8-12/h8-9H,1-7,10H2. The molecule has 0 aromatic heterocycles. The monoisotopic (exact) mass is 170 g/mol. The first-order valence-corrected chi connectivity index (χ1v) is 4.76.